The summed E-state index contributed by atoms with van der Waals surface area (Å²) < 4.78 is 25.7. The van der Waals surface area contributed by atoms with Gasteiger partial charge in [0.25, 0.3) is 0 Å². The third kappa shape index (κ3) is 3.63. The zero-order chi connectivity index (χ0) is 18.9. The summed E-state index contributed by atoms with van der Waals surface area (Å²) in [5, 5.41) is 5.36. The Morgan fingerprint density at radius 3 is 2.42 bits per heavy atom. The summed E-state index contributed by atoms with van der Waals surface area (Å²) in [6.45, 7) is 1.88. The molecule has 0 bridgehead atoms. The van der Waals surface area contributed by atoms with Gasteiger partial charge in [-0.3, -0.25) is 4.79 Å². The Hall–Kier alpha value is -2.27. The zero-order valence-corrected chi connectivity index (χ0v) is 16.4. The van der Waals surface area contributed by atoms with Crippen molar-refractivity contribution in [1.82, 2.24) is 9.71 Å². The van der Waals surface area contributed by atoms with E-state index in [1.807, 2.05) is 18.4 Å². The first-order valence-corrected chi connectivity index (χ1v) is 10.7. The predicted octanol–water partition coefficient (Wildman–Crippen LogP) is 2.98. The molecule has 1 aromatic carbocycles. The maximum atomic E-state index is 12.6. The minimum Gasteiger partial charge on any atom is -0.382 e. The number of carbonyl (C=O) groups excluding carboxylic acids is 1. The molecular weight excluding hydrogens is 392 g/mol. The highest BCUT2D eigenvalue weighted by Crippen LogP contribution is 2.31. The van der Waals surface area contributed by atoms with E-state index in [0.29, 0.717) is 20.6 Å². The van der Waals surface area contributed by atoms with E-state index in [1.54, 1.807) is 12.1 Å². The van der Waals surface area contributed by atoms with E-state index in [9.17, 15) is 13.2 Å². The third-order valence-corrected chi connectivity index (χ3v) is 7.04. The SMILES string of the molecule is CNS(=O)(=O)c1ccc(Nc2nc(N)c(C(=O)c3sccc3C)s2)cc1. The number of aromatic nitrogens is 1. The predicted molar refractivity (Wildman–Crippen MR) is 105 cm³/mol. The van der Waals surface area contributed by atoms with Gasteiger partial charge in [-0.1, -0.05) is 11.3 Å². The average molecular weight is 409 g/mol. The van der Waals surface area contributed by atoms with Crippen molar-refractivity contribution in [3.05, 3.63) is 51.0 Å². The van der Waals surface area contributed by atoms with Gasteiger partial charge in [-0.2, -0.15) is 0 Å². The highest BCUT2D eigenvalue weighted by molar-refractivity contribution is 7.89. The van der Waals surface area contributed by atoms with Crippen molar-refractivity contribution in [2.75, 3.05) is 18.1 Å². The van der Waals surface area contributed by atoms with Crippen molar-refractivity contribution in [1.29, 1.82) is 0 Å². The number of ketones is 1. The molecule has 0 aliphatic rings. The van der Waals surface area contributed by atoms with Gasteiger partial charge in [0.1, 0.15) is 10.7 Å². The number of aryl methyl sites for hydroxylation is 1. The summed E-state index contributed by atoms with van der Waals surface area (Å²) in [5.41, 5.74) is 7.45. The standard InChI is InChI=1S/C16H16N4O3S3/c1-9-7-8-24-13(9)12(21)14-15(17)20-16(25-14)19-10-3-5-11(6-4-10)26(22,23)18-2/h3-8,18H,17H2,1-2H3,(H,19,20). The lowest BCUT2D eigenvalue weighted by molar-refractivity contribution is 0.104. The van der Waals surface area contributed by atoms with E-state index < -0.39 is 10.0 Å². The third-order valence-electron chi connectivity index (χ3n) is 3.61. The number of thiophene rings is 1. The molecule has 0 saturated carbocycles. The van der Waals surface area contributed by atoms with Crippen LogP contribution >= 0.6 is 22.7 Å². The van der Waals surface area contributed by atoms with Crippen LogP contribution in [0.5, 0.6) is 0 Å². The number of nitrogens with zero attached hydrogens (tertiary/aromatic N) is 1. The molecule has 3 rings (SSSR count). The number of sulfonamides is 1. The normalized spacial score (nSPS) is 11.5. The molecule has 0 aliphatic heterocycles. The van der Waals surface area contributed by atoms with E-state index in [4.69, 9.17) is 5.73 Å². The molecule has 0 atom stereocenters. The van der Waals surface area contributed by atoms with E-state index in [1.165, 1.54) is 30.5 Å². The van der Waals surface area contributed by atoms with Crippen LogP contribution in [0.3, 0.4) is 0 Å². The molecule has 3 aromatic rings. The Morgan fingerprint density at radius 2 is 1.85 bits per heavy atom. The van der Waals surface area contributed by atoms with Crippen molar-refractivity contribution >= 4 is 55.1 Å². The molecule has 7 nitrogen and oxygen atoms in total. The minimum atomic E-state index is -3.49. The summed E-state index contributed by atoms with van der Waals surface area (Å²) in [5.74, 6) is 0.0284. The summed E-state index contributed by atoms with van der Waals surface area (Å²) in [6.07, 6.45) is 0. The smallest absolute Gasteiger partial charge is 0.240 e. The first-order valence-electron chi connectivity index (χ1n) is 7.47. The molecule has 0 saturated heterocycles. The van der Waals surface area contributed by atoms with Crippen LogP contribution in [0.4, 0.5) is 16.6 Å². The lowest BCUT2D eigenvalue weighted by Crippen LogP contribution is -2.18. The van der Waals surface area contributed by atoms with E-state index in [0.717, 1.165) is 16.9 Å². The molecule has 0 fully saturated rings. The number of rotatable bonds is 6. The van der Waals surface area contributed by atoms with E-state index in [-0.39, 0.29) is 16.5 Å². The second kappa shape index (κ2) is 7.16. The Labute approximate surface area is 159 Å². The van der Waals surface area contributed by atoms with Crippen molar-refractivity contribution < 1.29 is 13.2 Å². The number of nitrogen functional groups attached to an aromatic ring is 1. The first kappa shape index (κ1) is 18.5. The molecule has 4 N–H and O–H groups in total. The van der Waals surface area contributed by atoms with Crippen molar-refractivity contribution in [3.8, 4) is 0 Å². The van der Waals surface area contributed by atoms with E-state index in [2.05, 4.69) is 15.0 Å². The average Bonchev–Trinajstić information content (AvgIpc) is 3.20. The molecule has 136 valence electrons. The van der Waals surface area contributed by atoms with Crippen LogP contribution in [0.15, 0.2) is 40.6 Å². The molecular formula is C16H16N4O3S3. The summed E-state index contributed by atoms with van der Waals surface area (Å²) in [7, 11) is -2.13. The number of anilines is 3. The fraction of sp³-hybridized carbons (Fsp3) is 0.125. The second-order valence-electron chi connectivity index (χ2n) is 5.35. The number of hydrogen-bond acceptors (Lipinski definition) is 8. The Bertz CT molecular complexity index is 1050. The van der Waals surface area contributed by atoms with Gasteiger partial charge in [0.15, 0.2) is 5.13 Å². The van der Waals surface area contributed by atoms with Gasteiger partial charge in [-0.25, -0.2) is 18.1 Å². The lowest BCUT2D eigenvalue weighted by atomic mass is 10.2. The molecule has 0 aliphatic carbocycles. The van der Waals surface area contributed by atoms with Gasteiger partial charge in [0.05, 0.1) is 9.77 Å². The summed E-state index contributed by atoms with van der Waals surface area (Å²) in [4.78, 5) is 18.0. The van der Waals surface area contributed by atoms with Crippen molar-refractivity contribution in [2.45, 2.75) is 11.8 Å². The van der Waals surface area contributed by atoms with Crippen LogP contribution < -0.4 is 15.8 Å². The van der Waals surface area contributed by atoms with Gasteiger partial charge >= 0.3 is 0 Å². The topological polar surface area (TPSA) is 114 Å². The fourth-order valence-corrected chi connectivity index (χ4v) is 4.73. The summed E-state index contributed by atoms with van der Waals surface area (Å²) in [6, 6.07) is 8.08. The van der Waals surface area contributed by atoms with Crippen LogP contribution in [0.25, 0.3) is 0 Å². The molecule has 26 heavy (non-hydrogen) atoms. The number of thiazole rings is 1. The molecule has 0 spiro atoms. The fourth-order valence-electron chi connectivity index (χ4n) is 2.22. The molecule has 2 aromatic heterocycles. The van der Waals surface area contributed by atoms with Gasteiger partial charge in [-0.05, 0) is 55.2 Å². The van der Waals surface area contributed by atoms with Gasteiger partial charge in [-0.15, -0.1) is 11.3 Å². The van der Waals surface area contributed by atoms with Crippen LogP contribution in [-0.2, 0) is 10.0 Å². The number of nitrogens with one attached hydrogen (secondary N) is 2. The van der Waals surface area contributed by atoms with Gasteiger partial charge < -0.3 is 11.1 Å². The van der Waals surface area contributed by atoms with Crippen LogP contribution in [0, 0.1) is 6.92 Å². The number of hydrogen-bond donors (Lipinski definition) is 3. The first-order chi connectivity index (χ1) is 12.3. The largest absolute Gasteiger partial charge is 0.382 e. The van der Waals surface area contributed by atoms with Crippen LogP contribution in [0.1, 0.15) is 20.1 Å². The van der Waals surface area contributed by atoms with Crippen LogP contribution in [0.2, 0.25) is 0 Å². The van der Waals surface area contributed by atoms with Crippen molar-refractivity contribution in [3.63, 3.8) is 0 Å². The van der Waals surface area contributed by atoms with Gasteiger partial charge in [0, 0.05) is 5.69 Å². The lowest BCUT2D eigenvalue weighted by Gasteiger charge is -2.05. The highest BCUT2D eigenvalue weighted by atomic mass is 32.2. The Morgan fingerprint density at radius 1 is 1.15 bits per heavy atom. The maximum Gasteiger partial charge on any atom is 0.240 e. The molecule has 0 unspecified atom stereocenters. The molecule has 2 heterocycles. The van der Waals surface area contributed by atoms with E-state index >= 15 is 0 Å². The Kier molecular flexibility index (Phi) is 5.10. The number of carbonyl (C=O) groups is 1. The van der Waals surface area contributed by atoms with Gasteiger partial charge in [0.2, 0.25) is 15.8 Å². The maximum absolute atomic E-state index is 12.6. The van der Waals surface area contributed by atoms with Crippen molar-refractivity contribution in [2.24, 2.45) is 0 Å². The second-order valence-corrected chi connectivity index (χ2v) is 9.15. The molecule has 10 heteroatoms. The molecule has 0 amide bonds. The quantitative estimate of drug-likeness (QED) is 0.540. The van der Waals surface area contributed by atoms with Crippen LogP contribution in [-0.4, -0.2) is 26.2 Å². The Balaban J connectivity index is 1.82. The highest BCUT2D eigenvalue weighted by Gasteiger charge is 2.20. The minimum absolute atomic E-state index is 0.143. The monoisotopic (exact) mass is 408 g/mol. The number of benzene rings is 1. The number of nitrogens with two attached hydrogens (primary N) is 1. The molecule has 0 radical (unpaired) electrons. The summed E-state index contributed by atoms with van der Waals surface area (Å²) >= 11 is 2.53. The zero-order valence-electron chi connectivity index (χ0n) is 13.9.